The van der Waals surface area contributed by atoms with Crippen molar-refractivity contribution in [3.8, 4) is 0 Å². The molecule has 1 amide bonds. The van der Waals surface area contributed by atoms with Gasteiger partial charge in [-0.2, -0.15) is 0 Å². The molecule has 0 unspecified atom stereocenters. The van der Waals surface area contributed by atoms with Gasteiger partial charge in [0.05, 0.1) is 11.9 Å². The number of pyridine rings is 2. The Balaban J connectivity index is 2.11. The number of hydrogen-bond acceptors (Lipinski definition) is 5. The fourth-order valence-corrected chi connectivity index (χ4v) is 1.40. The third-order valence-electron chi connectivity index (χ3n) is 2.32. The summed E-state index contributed by atoms with van der Waals surface area (Å²) in [6, 6.07) is 6.90. The number of nitrogens with zero attached hydrogens (tertiary/aromatic N) is 2. The van der Waals surface area contributed by atoms with Crippen molar-refractivity contribution in [1.29, 1.82) is 0 Å². The molecule has 6 heteroatoms. The lowest BCUT2D eigenvalue weighted by Gasteiger charge is -2.05. The van der Waals surface area contributed by atoms with Gasteiger partial charge >= 0.3 is 0 Å². The molecule has 0 aliphatic heterocycles. The molecule has 0 aliphatic rings. The third-order valence-corrected chi connectivity index (χ3v) is 2.32. The summed E-state index contributed by atoms with van der Waals surface area (Å²) in [6.07, 6.45) is 3.12. The van der Waals surface area contributed by atoms with Crippen LogP contribution in [0.1, 0.15) is 16.1 Å². The SMILES string of the molecule is Cc1ccnc(NC(=O)c2ccc(NN)cn2)c1. The number of amides is 1. The molecule has 92 valence electrons. The van der Waals surface area contributed by atoms with Crippen LogP contribution >= 0.6 is 0 Å². The summed E-state index contributed by atoms with van der Waals surface area (Å²) in [5, 5.41) is 2.67. The minimum atomic E-state index is -0.309. The standard InChI is InChI=1S/C12H13N5O/c1-8-4-5-14-11(6-8)16-12(18)10-3-2-9(17-13)7-15-10/h2-7,17H,13H2,1H3,(H,14,16,18). The number of nitrogens with two attached hydrogens (primary N) is 1. The fraction of sp³-hybridized carbons (Fsp3) is 0.0833. The Morgan fingerprint density at radius 1 is 1.28 bits per heavy atom. The van der Waals surface area contributed by atoms with E-state index in [9.17, 15) is 4.79 Å². The first-order valence-corrected chi connectivity index (χ1v) is 5.36. The molecule has 2 heterocycles. The van der Waals surface area contributed by atoms with Gasteiger partial charge in [0.2, 0.25) is 0 Å². The van der Waals surface area contributed by atoms with E-state index < -0.39 is 0 Å². The molecule has 0 aliphatic carbocycles. The minimum Gasteiger partial charge on any atom is -0.323 e. The maximum absolute atomic E-state index is 11.9. The number of anilines is 2. The summed E-state index contributed by atoms with van der Waals surface area (Å²) in [7, 11) is 0. The van der Waals surface area contributed by atoms with Crippen LogP contribution in [0.5, 0.6) is 0 Å². The van der Waals surface area contributed by atoms with Crippen LogP contribution in [0.4, 0.5) is 11.5 Å². The number of rotatable bonds is 3. The molecule has 6 nitrogen and oxygen atoms in total. The average molecular weight is 243 g/mol. The zero-order valence-corrected chi connectivity index (χ0v) is 9.84. The number of carbonyl (C=O) groups is 1. The molecule has 18 heavy (non-hydrogen) atoms. The summed E-state index contributed by atoms with van der Waals surface area (Å²) in [6.45, 7) is 1.93. The molecular weight excluding hydrogens is 230 g/mol. The molecule has 2 rings (SSSR count). The van der Waals surface area contributed by atoms with E-state index in [1.807, 2.05) is 13.0 Å². The van der Waals surface area contributed by atoms with Gasteiger partial charge in [0.15, 0.2) is 0 Å². The Morgan fingerprint density at radius 3 is 2.72 bits per heavy atom. The summed E-state index contributed by atoms with van der Waals surface area (Å²) >= 11 is 0. The van der Waals surface area contributed by atoms with Crippen LogP contribution in [-0.2, 0) is 0 Å². The molecule has 0 atom stereocenters. The van der Waals surface area contributed by atoms with Crippen molar-refractivity contribution in [2.24, 2.45) is 5.84 Å². The van der Waals surface area contributed by atoms with Crippen molar-refractivity contribution in [3.63, 3.8) is 0 Å². The van der Waals surface area contributed by atoms with Crippen molar-refractivity contribution in [1.82, 2.24) is 9.97 Å². The van der Waals surface area contributed by atoms with Gasteiger partial charge in [0.25, 0.3) is 5.91 Å². The van der Waals surface area contributed by atoms with E-state index in [0.717, 1.165) is 5.56 Å². The average Bonchev–Trinajstić information content (AvgIpc) is 2.39. The number of hydrazine groups is 1. The predicted octanol–water partition coefficient (Wildman–Crippen LogP) is 1.32. The van der Waals surface area contributed by atoms with Gasteiger partial charge in [0, 0.05) is 6.20 Å². The molecule has 0 radical (unpaired) electrons. The Morgan fingerprint density at radius 2 is 2.11 bits per heavy atom. The summed E-state index contributed by atoms with van der Waals surface area (Å²) in [4.78, 5) is 19.9. The molecule has 0 fully saturated rings. The molecular formula is C12H13N5O. The van der Waals surface area contributed by atoms with E-state index >= 15 is 0 Å². The second-order valence-electron chi connectivity index (χ2n) is 3.75. The number of nitrogen functional groups attached to an aromatic ring is 1. The topological polar surface area (TPSA) is 92.9 Å². The van der Waals surface area contributed by atoms with E-state index in [4.69, 9.17) is 5.84 Å². The molecule has 4 N–H and O–H groups in total. The lowest BCUT2D eigenvalue weighted by atomic mass is 10.3. The van der Waals surface area contributed by atoms with E-state index in [-0.39, 0.29) is 5.91 Å². The second kappa shape index (κ2) is 5.24. The number of aromatic nitrogens is 2. The molecule has 2 aromatic rings. The maximum atomic E-state index is 11.9. The molecule has 0 saturated carbocycles. The van der Waals surface area contributed by atoms with Crippen LogP contribution in [0.15, 0.2) is 36.7 Å². The first-order valence-electron chi connectivity index (χ1n) is 5.36. The highest BCUT2D eigenvalue weighted by atomic mass is 16.1. The third kappa shape index (κ3) is 2.80. The van der Waals surface area contributed by atoms with Gasteiger partial charge in [-0.3, -0.25) is 10.6 Å². The Hall–Kier alpha value is -2.47. The minimum absolute atomic E-state index is 0.303. The highest BCUT2D eigenvalue weighted by Crippen LogP contribution is 2.08. The highest BCUT2D eigenvalue weighted by Gasteiger charge is 2.08. The van der Waals surface area contributed by atoms with E-state index in [0.29, 0.717) is 17.2 Å². The van der Waals surface area contributed by atoms with Crippen molar-refractivity contribution in [3.05, 3.63) is 47.9 Å². The van der Waals surface area contributed by atoms with E-state index in [1.54, 1.807) is 24.4 Å². The Bertz CT molecular complexity index is 553. The van der Waals surface area contributed by atoms with E-state index in [1.165, 1.54) is 6.20 Å². The van der Waals surface area contributed by atoms with Crippen LogP contribution in [0, 0.1) is 6.92 Å². The molecule has 0 bridgehead atoms. The summed E-state index contributed by atoms with van der Waals surface area (Å²) in [5.41, 5.74) is 4.41. The monoisotopic (exact) mass is 243 g/mol. The molecule has 0 saturated heterocycles. The first kappa shape index (κ1) is 12.0. The Labute approximate surface area is 104 Å². The number of nitrogens with one attached hydrogen (secondary N) is 2. The number of hydrogen-bond donors (Lipinski definition) is 3. The fourth-order valence-electron chi connectivity index (χ4n) is 1.40. The molecule has 0 aromatic carbocycles. The normalized spacial score (nSPS) is 9.89. The van der Waals surface area contributed by atoms with Crippen molar-refractivity contribution in [2.45, 2.75) is 6.92 Å². The maximum Gasteiger partial charge on any atom is 0.275 e. The highest BCUT2D eigenvalue weighted by molar-refractivity contribution is 6.02. The quantitative estimate of drug-likeness (QED) is 0.558. The van der Waals surface area contributed by atoms with Gasteiger partial charge in [-0.1, -0.05) is 0 Å². The second-order valence-corrected chi connectivity index (χ2v) is 3.75. The van der Waals surface area contributed by atoms with Crippen LogP contribution in [0.3, 0.4) is 0 Å². The summed E-state index contributed by atoms with van der Waals surface area (Å²) in [5.74, 6) is 5.41. The lowest BCUT2D eigenvalue weighted by molar-refractivity contribution is 0.102. The predicted molar refractivity (Wildman–Crippen MR) is 69.0 cm³/mol. The van der Waals surface area contributed by atoms with Gasteiger partial charge in [-0.15, -0.1) is 0 Å². The zero-order valence-electron chi connectivity index (χ0n) is 9.84. The first-order chi connectivity index (χ1) is 8.69. The zero-order chi connectivity index (χ0) is 13.0. The lowest BCUT2D eigenvalue weighted by Crippen LogP contribution is -2.15. The smallest absolute Gasteiger partial charge is 0.275 e. The Kier molecular flexibility index (Phi) is 3.49. The van der Waals surface area contributed by atoms with Crippen LogP contribution in [0.25, 0.3) is 0 Å². The van der Waals surface area contributed by atoms with Gasteiger partial charge < -0.3 is 10.7 Å². The van der Waals surface area contributed by atoms with Gasteiger partial charge in [-0.25, -0.2) is 9.97 Å². The van der Waals surface area contributed by atoms with Gasteiger partial charge in [0.1, 0.15) is 11.5 Å². The van der Waals surface area contributed by atoms with Crippen LogP contribution in [0.2, 0.25) is 0 Å². The summed E-state index contributed by atoms with van der Waals surface area (Å²) < 4.78 is 0. The van der Waals surface area contributed by atoms with Crippen molar-refractivity contribution in [2.75, 3.05) is 10.7 Å². The number of aryl methyl sites for hydroxylation is 1. The van der Waals surface area contributed by atoms with Crippen molar-refractivity contribution < 1.29 is 4.79 Å². The van der Waals surface area contributed by atoms with Crippen molar-refractivity contribution >= 4 is 17.4 Å². The van der Waals surface area contributed by atoms with Crippen LogP contribution in [-0.4, -0.2) is 15.9 Å². The molecule has 2 aromatic heterocycles. The van der Waals surface area contributed by atoms with Gasteiger partial charge in [-0.05, 0) is 36.8 Å². The largest absolute Gasteiger partial charge is 0.323 e. The molecule has 0 spiro atoms. The van der Waals surface area contributed by atoms with Crippen LogP contribution < -0.4 is 16.6 Å². The number of carbonyl (C=O) groups excluding carboxylic acids is 1. The van der Waals surface area contributed by atoms with E-state index in [2.05, 4.69) is 20.7 Å².